The van der Waals surface area contributed by atoms with Crippen molar-refractivity contribution in [1.82, 2.24) is 0 Å². The van der Waals surface area contributed by atoms with Crippen LogP contribution in [0, 0.1) is 0 Å². The number of halogens is 13. The van der Waals surface area contributed by atoms with Crippen LogP contribution in [0.3, 0.4) is 0 Å². The smallest absolute Gasteiger partial charge is 0.460 e. The minimum Gasteiger partial charge on any atom is -0.469 e. The molecule has 0 radical (unpaired) electrons. The maximum absolute atomic E-state index is 13.4. The SMILES string of the molecule is COC(=O)CCC(=O)OCCC(F)(F)C(F)(F)C(F)(F)C(F)(F)C(F)(F)C(F)(F)F. The summed E-state index contributed by atoms with van der Waals surface area (Å²) in [6.07, 6.45) is -11.7. The molecule has 0 rings (SSSR count). The zero-order chi connectivity index (χ0) is 24.4. The van der Waals surface area contributed by atoms with E-state index in [1.807, 2.05) is 0 Å². The molecular weight excluding hydrogens is 467 g/mol. The van der Waals surface area contributed by atoms with E-state index < -0.39 is 73.6 Å². The fraction of sp³-hybridized carbons (Fsp3) is 0.846. The van der Waals surface area contributed by atoms with Gasteiger partial charge in [0.2, 0.25) is 0 Å². The van der Waals surface area contributed by atoms with Crippen molar-refractivity contribution in [2.75, 3.05) is 13.7 Å². The number of methoxy groups -OCH3 is 1. The van der Waals surface area contributed by atoms with Gasteiger partial charge in [0.1, 0.15) is 0 Å². The van der Waals surface area contributed by atoms with Gasteiger partial charge < -0.3 is 9.47 Å². The van der Waals surface area contributed by atoms with E-state index in [0.717, 1.165) is 7.11 Å². The van der Waals surface area contributed by atoms with Gasteiger partial charge in [0, 0.05) is 0 Å². The Labute approximate surface area is 158 Å². The average molecular weight is 478 g/mol. The average Bonchev–Trinajstić information content (AvgIpc) is 2.57. The minimum atomic E-state index is -7.98. The zero-order valence-electron chi connectivity index (χ0n) is 14.4. The number of carbonyl (C=O) groups excluding carboxylic acids is 2. The summed E-state index contributed by atoms with van der Waals surface area (Å²) in [7, 11) is 0.883. The topological polar surface area (TPSA) is 52.6 Å². The third-order valence-corrected chi connectivity index (χ3v) is 3.44. The van der Waals surface area contributed by atoms with Crippen LogP contribution >= 0.6 is 0 Å². The summed E-state index contributed by atoms with van der Waals surface area (Å²) in [5.41, 5.74) is 0. The first-order valence-electron chi connectivity index (χ1n) is 7.28. The van der Waals surface area contributed by atoms with E-state index in [-0.39, 0.29) is 0 Å². The lowest BCUT2D eigenvalue weighted by atomic mass is 9.93. The minimum absolute atomic E-state index is 0.682. The molecule has 0 aliphatic heterocycles. The summed E-state index contributed by atoms with van der Waals surface area (Å²) >= 11 is 0. The molecule has 0 saturated heterocycles. The Bertz CT molecular complexity index is 627. The molecule has 30 heavy (non-hydrogen) atoms. The molecule has 0 amide bonds. The first-order chi connectivity index (χ1) is 13.1. The Morgan fingerprint density at radius 1 is 0.633 bits per heavy atom. The molecule has 17 heteroatoms. The maximum Gasteiger partial charge on any atom is 0.460 e. The van der Waals surface area contributed by atoms with Crippen LogP contribution in [0.15, 0.2) is 0 Å². The Kier molecular flexibility index (Phi) is 8.08. The molecule has 0 N–H and O–H groups in total. The van der Waals surface area contributed by atoms with E-state index in [1.54, 1.807) is 0 Å². The molecule has 0 aliphatic rings. The molecule has 178 valence electrons. The highest BCUT2D eigenvalue weighted by Gasteiger charge is 2.90. The number of rotatable bonds is 10. The van der Waals surface area contributed by atoms with Gasteiger partial charge in [-0.1, -0.05) is 0 Å². The molecule has 4 nitrogen and oxygen atoms in total. The summed E-state index contributed by atoms with van der Waals surface area (Å²) in [6, 6.07) is 0. The fourth-order valence-electron chi connectivity index (χ4n) is 1.63. The number of hydrogen-bond acceptors (Lipinski definition) is 4. The Morgan fingerprint density at radius 3 is 1.43 bits per heavy atom. The van der Waals surface area contributed by atoms with Crippen LogP contribution in [0.5, 0.6) is 0 Å². The van der Waals surface area contributed by atoms with Gasteiger partial charge in [-0.05, 0) is 0 Å². The quantitative estimate of drug-likeness (QED) is 0.340. The Morgan fingerprint density at radius 2 is 1.03 bits per heavy atom. The molecule has 0 bridgehead atoms. The molecule has 0 atom stereocenters. The van der Waals surface area contributed by atoms with E-state index in [0.29, 0.717) is 0 Å². The van der Waals surface area contributed by atoms with E-state index in [9.17, 15) is 66.7 Å². The van der Waals surface area contributed by atoms with Crippen molar-refractivity contribution in [3.8, 4) is 0 Å². The molecule has 0 spiro atoms. The number of alkyl halides is 13. The standard InChI is InChI=1S/C13H11F13O4/c1-29-6(27)2-3-7(28)30-5-4-8(14,15)9(16,17)10(18,19)11(20,21)12(22,23)13(24,25)26/h2-5H2,1H3. The van der Waals surface area contributed by atoms with E-state index >= 15 is 0 Å². The summed E-state index contributed by atoms with van der Waals surface area (Å²) in [6.45, 7) is -1.86. The van der Waals surface area contributed by atoms with Crippen molar-refractivity contribution < 1.29 is 76.1 Å². The van der Waals surface area contributed by atoms with Gasteiger partial charge in [-0.25, -0.2) is 0 Å². The summed E-state index contributed by atoms with van der Waals surface area (Å²) in [5.74, 6) is -40.0. The van der Waals surface area contributed by atoms with Crippen LogP contribution in [-0.4, -0.2) is 61.4 Å². The molecule has 0 aromatic heterocycles. The lowest BCUT2D eigenvalue weighted by Crippen LogP contribution is -2.70. The lowest BCUT2D eigenvalue weighted by Gasteiger charge is -2.39. The number of carbonyl (C=O) groups is 2. The highest BCUT2D eigenvalue weighted by molar-refractivity contribution is 5.77. The van der Waals surface area contributed by atoms with Gasteiger partial charge in [0.05, 0.1) is 33.0 Å². The first kappa shape index (κ1) is 28.0. The van der Waals surface area contributed by atoms with E-state index in [4.69, 9.17) is 0 Å². The third-order valence-electron chi connectivity index (χ3n) is 3.44. The van der Waals surface area contributed by atoms with Crippen LogP contribution < -0.4 is 0 Å². The van der Waals surface area contributed by atoms with Gasteiger partial charge in [-0.3, -0.25) is 9.59 Å². The van der Waals surface area contributed by atoms with Crippen molar-refractivity contribution in [1.29, 1.82) is 0 Å². The van der Waals surface area contributed by atoms with Gasteiger partial charge in [0.15, 0.2) is 0 Å². The van der Waals surface area contributed by atoms with Gasteiger partial charge in [-0.2, -0.15) is 57.1 Å². The van der Waals surface area contributed by atoms with Gasteiger partial charge in [0.25, 0.3) is 0 Å². The van der Waals surface area contributed by atoms with Crippen molar-refractivity contribution >= 4 is 11.9 Å². The monoisotopic (exact) mass is 478 g/mol. The van der Waals surface area contributed by atoms with Crippen LogP contribution in [0.1, 0.15) is 19.3 Å². The highest BCUT2D eigenvalue weighted by Crippen LogP contribution is 2.60. The van der Waals surface area contributed by atoms with Gasteiger partial charge in [-0.15, -0.1) is 0 Å². The summed E-state index contributed by atoms with van der Waals surface area (Å²) in [5, 5.41) is 0. The third kappa shape index (κ3) is 5.01. The second-order valence-corrected chi connectivity index (χ2v) is 5.55. The molecule has 0 fully saturated rings. The first-order valence-corrected chi connectivity index (χ1v) is 7.28. The van der Waals surface area contributed by atoms with E-state index in [1.165, 1.54) is 0 Å². The predicted molar refractivity (Wildman–Crippen MR) is 67.6 cm³/mol. The van der Waals surface area contributed by atoms with Crippen LogP contribution in [0.4, 0.5) is 57.1 Å². The lowest BCUT2D eigenvalue weighted by molar-refractivity contribution is -0.440. The fourth-order valence-corrected chi connectivity index (χ4v) is 1.63. The molecule has 0 aromatic carbocycles. The second-order valence-electron chi connectivity index (χ2n) is 5.55. The summed E-state index contributed by atoms with van der Waals surface area (Å²) < 4.78 is 175. The van der Waals surface area contributed by atoms with Crippen molar-refractivity contribution in [2.24, 2.45) is 0 Å². The second kappa shape index (κ2) is 8.64. The van der Waals surface area contributed by atoms with Gasteiger partial charge >= 0.3 is 47.7 Å². The molecule has 0 unspecified atom stereocenters. The Balaban J connectivity index is 5.46. The van der Waals surface area contributed by atoms with Crippen molar-refractivity contribution in [3.05, 3.63) is 0 Å². The molecule has 0 aromatic rings. The molecule has 0 heterocycles. The zero-order valence-corrected chi connectivity index (χ0v) is 14.4. The van der Waals surface area contributed by atoms with E-state index in [2.05, 4.69) is 9.47 Å². The van der Waals surface area contributed by atoms with Crippen LogP contribution in [-0.2, 0) is 19.1 Å². The highest BCUT2D eigenvalue weighted by atomic mass is 19.4. The predicted octanol–water partition coefficient (Wildman–Crippen LogP) is 4.61. The number of esters is 2. The molecule has 0 aliphatic carbocycles. The molecular formula is C13H11F13O4. The number of ether oxygens (including phenoxy) is 2. The van der Waals surface area contributed by atoms with Crippen LogP contribution in [0.2, 0.25) is 0 Å². The summed E-state index contributed by atoms with van der Waals surface area (Å²) in [4.78, 5) is 21.7. The van der Waals surface area contributed by atoms with Crippen molar-refractivity contribution in [2.45, 2.75) is 55.1 Å². The molecule has 0 saturated carbocycles. The maximum atomic E-state index is 13.4. The number of hydrogen-bond donors (Lipinski definition) is 0. The Hall–Kier alpha value is -1.97. The normalized spacial score (nSPS) is 14.5. The van der Waals surface area contributed by atoms with Crippen LogP contribution in [0.25, 0.3) is 0 Å². The largest absolute Gasteiger partial charge is 0.469 e. The van der Waals surface area contributed by atoms with Crippen molar-refractivity contribution in [3.63, 3.8) is 0 Å².